The predicted octanol–water partition coefficient (Wildman–Crippen LogP) is 1.71. The lowest BCUT2D eigenvalue weighted by Crippen LogP contribution is -2.60. The number of ketones is 1. The van der Waals surface area contributed by atoms with Gasteiger partial charge >= 0.3 is 6.18 Å². The van der Waals surface area contributed by atoms with Crippen LogP contribution in [-0.2, 0) is 9.53 Å². The molecule has 0 radical (unpaired) electrons. The zero-order valence-electron chi connectivity index (χ0n) is 10.8. The Kier molecular flexibility index (Phi) is 3.12. The Morgan fingerprint density at radius 1 is 1.50 bits per heavy atom. The van der Waals surface area contributed by atoms with Gasteiger partial charge in [0.15, 0.2) is 5.78 Å². The highest BCUT2D eigenvalue weighted by Crippen LogP contribution is 2.40. The molecule has 20 heavy (non-hydrogen) atoms. The van der Waals surface area contributed by atoms with Crippen LogP contribution in [0.4, 0.5) is 13.2 Å². The van der Waals surface area contributed by atoms with E-state index in [1.54, 1.807) is 0 Å². The van der Waals surface area contributed by atoms with Gasteiger partial charge in [-0.2, -0.15) is 13.2 Å². The summed E-state index contributed by atoms with van der Waals surface area (Å²) in [6.45, 7) is -0.000314. The number of piperidine rings is 1. The molecule has 4 nitrogen and oxygen atoms in total. The van der Waals surface area contributed by atoms with E-state index < -0.39 is 18.4 Å². The van der Waals surface area contributed by atoms with Gasteiger partial charge in [-0.05, 0) is 18.6 Å². The maximum Gasteiger partial charge on any atom is 0.411 e. The van der Waals surface area contributed by atoms with E-state index in [1.165, 1.54) is 12.2 Å². The number of nitrogens with zero attached hydrogens (tertiary/aromatic N) is 2. The van der Waals surface area contributed by atoms with E-state index in [9.17, 15) is 18.0 Å². The van der Waals surface area contributed by atoms with E-state index in [-0.39, 0.29) is 18.2 Å². The van der Waals surface area contributed by atoms with Crippen LogP contribution >= 0.6 is 0 Å². The van der Waals surface area contributed by atoms with Gasteiger partial charge in [0, 0.05) is 19.4 Å². The van der Waals surface area contributed by atoms with Gasteiger partial charge in [-0.1, -0.05) is 0 Å². The average Bonchev–Trinajstić information content (AvgIpc) is 2.85. The van der Waals surface area contributed by atoms with E-state index in [2.05, 4.69) is 4.99 Å². The molecule has 2 aliphatic heterocycles. The van der Waals surface area contributed by atoms with Crippen LogP contribution in [0.5, 0.6) is 0 Å². The maximum absolute atomic E-state index is 12.5. The van der Waals surface area contributed by atoms with Crippen LogP contribution in [0.25, 0.3) is 0 Å². The van der Waals surface area contributed by atoms with Crippen LogP contribution in [0, 0.1) is 0 Å². The number of aliphatic imine (C=N–C) groups is 1. The first-order valence-corrected chi connectivity index (χ1v) is 6.62. The Bertz CT molecular complexity index is 486. The van der Waals surface area contributed by atoms with Crippen molar-refractivity contribution in [2.45, 2.75) is 37.1 Å². The number of rotatable bonds is 2. The van der Waals surface area contributed by atoms with Crippen molar-refractivity contribution in [3.63, 3.8) is 0 Å². The predicted molar refractivity (Wildman–Crippen MR) is 65.5 cm³/mol. The molecule has 2 atom stereocenters. The summed E-state index contributed by atoms with van der Waals surface area (Å²) in [4.78, 5) is 17.9. The first-order chi connectivity index (χ1) is 9.40. The molecular formula is C13H15F3N2O2. The van der Waals surface area contributed by atoms with Crippen molar-refractivity contribution in [2.24, 2.45) is 4.99 Å². The molecule has 0 spiro atoms. The summed E-state index contributed by atoms with van der Waals surface area (Å²) in [5, 5.41) is 0. The monoisotopic (exact) mass is 288 g/mol. The summed E-state index contributed by atoms with van der Waals surface area (Å²) in [6, 6.07) is -0.364. The second kappa shape index (κ2) is 4.58. The van der Waals surface area contributed by atoms with Crippen molar-refractivity contribution in [3.05, 3.63) is 12.2 Å². The topological polar surface area (TPSA) is 41.9 Å². The van der Waals surface area contributed by atoms with Gasteiger partial charge in [-0.25, -0.2) is 0 Å². The number of allylic oxidation sites excluding steroid dienone is 1. The molecule has 0 N–H and O–H groups in total. The number of carbonyl (C=O) groups excluding carboxylic acids is 1. The fourth-order valence-corrected chi connectivity index (χ4v) is 3.21. The fourth-order valence-electron chi connectivity index (χ4n) is 3.21. The molecule has 110 valence electrons. The smallest absolute Gasteiger partial charge is 0.359 e. The second-order valence-corrected chi connectivity index (χ2v) is 5.37. The van der Waals surface area contributed by atoms with Gasteiger partial charge in [-0.15, -0.1) is 0 Å². The van der Waals surface area contributed by atoms with Gasteiger partial charge in [0.2, 0.25) is 0 Å². The molecule has 1 aliphatic carbocycles. The largest absolute Gasteiger partial charge is 0.411 e. The van der Waals surface area contributed by atoms with Crippen molar-refractivity contribution < 1.29 is 22.7 Å². The summed E-state index contributed by atoms with van der Waals surface area (Å²) in [7, 11) is 0. The fraction of sp³-hybridized carbons (Fsp3) is 0.692. The summed E-state index contributed by atoms with van der Waals surface area (Å²) >= 11 is 0. The lowest BCUT2D eigenvalue weighted by molar-refractivity contribution is -0.208. The van der Waals surface area contributed by atoms with Crippen LogP contribution in [-0.4, -0.2) is 54.0 Å². The van der Waals surface area contributed by atoms with Crippen molar-refractivity contribution in [1.82, 2.24) is 4.90 Å². The number of alkyl halides is 3. The highest BCUT2D eigenvalue weighted by atomic mass is 19.4. The molecule has 0 aromatic carbocycles. The van der Waals surface area contributed by atoms with Crippen molar-refractivity contribution >= 4 is 11.6 Å². The van der Waals surface area contributed by atoms with E-state index in [0.29, 0.717) is 25.9 Å². The number of hydrogen-bond donors (Lipinski definition) is 0. The van der Waals surface area contributed by atoms with Crippen molar-refractivity contribution in [3.8, 4) is 0 Å². The molecule has 0 saturated carbocycles. The van der Waals surface area contributed by atoms with Gasteiger partial charge < -0.3 is 9.64 Å². The maximum atomic E-state index is 12.5. The molecule has 0 bridgehead atoms. The normalized spacial score (nSPS) is 33.0. The van der Waals surface area contributed by atoms with Crippen LogP contribution in [0.2, 0.25) is 0 Å². The highest BCUT2D eigenvalue weighted by Gasteiger charge is 2.50. The number of hydrogen-bond acceptors (Lipinski definition) is 4. The minimum atomic E-state index is -4.37. The molecule has 1 saturated heterocycles. The molecule has 7 heteroatoms. The Balaban J connectivity index is 1.87. The highest BCUT2D eigenvalue weighted by molar-refractivity contribution is 5.93. The summed E-state index contributed by atoms with van der Waals surface area (Å²) in [5.41, 5.74) is -1.02. The zero-order valence-corrected chi connectivity index (χ0v) is 10.8. The zero-order chi connectivity index (χ0) is 14.4. The van der Waals surface area contributed by atoms with Crippen molar-refractivity contribution in [1.29, 1.82) is 0 Å². The van der Waals surface area contributed by atoms with E-state index in [4.69, 9.17) is 4.74 Å². The third-order valence-corrected chi connectivity index (χ3v) is 4.10. The van der Waals surface area contributed by atoms with Crippen LogP contribution in [0.1, 0.15) is 19.3 Å². The van der Waals surface area contributed by atoms with Gasteiger partial charge in [0.25, 0.3) is 0 Å². The van der Waals surface area contributed by atoms with Crippen LogP contribution in [0.3, 0.4) is 0 Å². The first kappa shape index (κ1) is 13.6. The van der Waals surface area contributed by atoms with E-state index >= 15 is 0 Å². The molecule has 0 amide bonds. The Labute approximate surface area is 114 Å². The minimum Gasteiger partial charge on any atom is -0.359 e. The first-order valence-electron chi connectivity index (χ1n) is 6.62. The van der Waals surface area contributed by atoms with Crippen LogP contribution < -0.4 is 0 Å². The number of amidine groups is 1. The van der Waals surface area contributed by atoms with E-state index in [1.807, 2.05) is 4.90 Å². The lowest BCUT2D eigenvalue weighted by atomic mass is 9.77. The van der Waals surface area contributed by atoms with Gasteiger partial charge in [0.1, 0.15) is 12.2 Å². The number of halogens is 3. The quantitative estimate of drug-likeness (QED) is 0.777. The molecule has 0 unspecified atom stereocenters. The Hall–Kier alpha value is -1.37. The van der Waals surface area contributed by atoms with Crippen molar-refractivity contribution in [2.75, 3.05) is 19.7 Å². The second-order valence-electron chi connectivity index (χ2n) is 5.37. The number of ether oxygens (including phenoxy) is 1. The summed E-state index contributed by atoms with van der Waals surface area (Å²) in [6.07, 6.45) is -0.281. The SMILES string of the molecule is O=C1C=C[C@]2(OCC(F)(F)F)CCC3=NCCN3[C@@H]2C1. The summed E-state index contributed by atoms with van der Waals surface area (Å²) in [5.74, 6) is 0.818. The number of fused-ring (bicyclic) bond motifs is 3. The molecular weight excluding hydrogens is 273 g/mol. The van der Waals surface area contributed by atoms with Crippen LogP contribution in [0.15, 0.2) is 17.1 Å². The lowest BCUT2D eigenvalue weighted by Gasteiger charge is -2.49. The Morgan fingerprint density at radius 3 is 3.05 bits per heavy atom. The average molecular weight is 288 g/mol. The molecule has 3 aliphatic rings. The summed E-state index contributed by atoms with van der Waals surface area (Å²) < 4.78 is 42.6. The number of carbonyl (C=O) groups is 1. The standard InChI is InChI=1S/C13H15F3N2O2/c14-13(15,16)8-20-12-3-1-9(19)7-10(12)18-6-5-17-11(18)2-4-12/h1,3,10H,2,4-8H2/t10-,12+/m1/s1. The molecule has 3 rings (SSSR count). The minimum absolute atomic E-state index is 0.0746. The Morgan fingerprint density at radius 2 is 2.30 bits per heavy atom. The van der Waals surface area contributed by atoms with E-state index in [0.717, 1.165) is 5.84 Å². The third-order valence-electron chi connectivity index (χ3n) is 4.10. The molecule has 0 aromatic heterocycles. The molecule has 1 fully saturated rings. The molecule has 0 aromatic rings. The third kappa shape index (κ3) is 2.34. The molecule has 2 heterocycles. The van der Waals surface area contributed by atoms with Gasteiger partial charge in [-0.3, -0.25) is 9.79 Å². The van der Waals surface area contributed by atoms with Gasteiger partial charge in [0.05, 0.1) is 18.4 Å².